The van der Waals surface area contributed by atoms with Crippen molar-refractivity contribution in [3.8, 4) is 12.1 Å². The predicted molar refractivity (Wildman–Crippen MR) is 124 cm³/mol. The molecule has 0 saturated carbocycles. The highest BCUT2D eigenvalue weighted by molar-refractivity contribution is 5.60. The molecular weight excluding hydrogens is 388 g/mol. The van der Waals surface area contributed by atoms with Crippen molar-refractivity contribution in [1.29, 1.82) is 5.26 Å². The van der Waals surface area contributed by atoms with E-state index in [1.54, 1.807) is 18.5 Å². The van der Waals surface area contributed by atoms with Gasteiger partial charge in [-0.3, -0.25) is 4.98 Å². The average molecular weight is 423 g/mol. The molecule has 0 spiro atoms. The Morgan fingerprint density at radius 2 is 2.00 bits per heavy atom. The summed E-state index contributed by atoms with van der Waals surface area (Å²) in [5, 5.41) is 9.50. The minimum Gasteiger partial charge on any atom is -0.463 e. The highest BCUT2D eigenvalue weighted by Crippen LogP contribution is 2.31. The van der Waals surface area contributed by atoms with Gasteiger partial charge in [0.15, 0.2) is 0 Å². The molecule has 0 fully saturated rings. The van der Waals surface area contributed by atoms with Crippen molar-refractivity contribution in [3.63, 3.8) is 0 Å². The summed E-state index contributed by atoms with van der Waals surface area (Å²) in [6.45, 7) is 10.5. The molecule has 0 unspecified atom stereocenters. The molecule has 0 N–H and O–H groups in total. The number of rotatable bonds is 11. The largest absolute Gasteiger partial charge is 0.463 e. The van der Waals surface area contributed by atoms with Crippen LogP contribution >= 0.6 is 0 Å². The molecule has 0 amide bonds. The van der Waals surface area contributed by atoms with Gasteiger partial charge in [0, 0.05) is 31.4 Å². The molecule has 31 heavy (non-hydrogen) atoms. The van der Waals surface area contributed by atoms with E-state index < -0.39 is 0 Å². The van der Waals surface area contributed by atoms with Crippen LogP contribution < -0.4 is 14.5 Å². The maximum Gasteiger partial charge on any atom is 0.318 e. The molecule has 1 aliphatic heterocycles. The van der Waals surface area contributed by atoms with Crippen LogP contribution in [0.5, 0.6) is 6.01 Å². The molecule has 166 valence electrons. The molecule has 7 nitrogen and oxygen atoms in total. The summed E-state index contributed by atoms with van der Waals surface area (Å²) in [4.78, 5) is 18.4. The molecule has 0 aliphatic carbocycles. The van der Waals surface area contributed by atoms with E-state index in [0.29, 0.717) is 24.7 Å². The monoisotopic (exact) mass is 422 g/mol. The van der Waals surface area contributed by atoms with Crippen molar-refractivity contribution >= 4 is 11.5 Å². The molecule has 2 aromatic rings. The van der Waals surface area contributed by atoms with E-state index in [9.17, 15) is 5.26 Å². The lowest BCUT2D eigenvalue weighted by Gasteiger charge is -2.33. The van der Waals surface area contributed by atoms with Crippen LogP contribution in [0.4, 0.5) is 11.5 Å². The van der Waals surface area contributed by atoms with E-state index in [4.69, 9.17) is 14.7 Å². The van der Waals surface area contributed by atoms with Crippen molar-refractivity contribution < 1.29 is 4.74 Å². The van der Waals surface area contributed by atoms with Crippen molar-refractivity contribution in [2.45, 2.75) is 65.8 Å². The van der Waals surface area contributed by atoms with Crippen LogP contribution in [0.2, 0.25) is 0 Å². The first-order valence-corrected chi connectivity index (χ1v) is 11.6. The summed E-state index contributed by atoms with van der Waals surface area (Å²) in [7, 11) is 0. The number of anilines is 2. The van der Waals surface area contributed by atoms with Crippen LogP contribution in [0.3, 0.4) is 0 Å². The molecule has 0 saturated heterocycles. The lowest BCUT2D eigenvalue weighted by molar-refractivity contribution is 0.281. The quantitative estimate of drug-likeness (QED) is 0.493. The zero-order valence-electron chi connectivity index (χ0n) is 19.1. The number of nitrogens with zero attached hydrogens (tertiary/aromatic N) is 6. The smallest absolute Gasteiger partial charge is 0.318 e. The summed E-state index contributed by atoms with van der Waals surface area (Å²) in [6, 6.07) is 4.51. The fraction of sp³-hybridized carbons (Fsp3) is 0.583. The van der Waals surface area contributed by atoms with Gasteiger partial charge in [0.2, 0.25) is 0 Å². The number of hydrogen-bond acceptors (Lipinski definition) is 7. The normalized spacial score (nSPS) is 12.9. The third-order valence-corrected chi connectivity index (χ3v) is 5.73. The Bertz CT molecular complexity index is 894. The third-order valence-electron chi connectivity index (χ3n) is 5.73. The highest BCUT2D eigenvalue weighted by atomic mass is 16.5. The number of nitriles is 1. The molecule has 0 radical (unpaired) electrons. The van der Waals surface area contributed by atoms with Gasteiger partial charge < -0.3 is 14.5 Å². The number of ether oxygens (including phenoxy) is 1. The maximum absolute atomic E-state index is 9.50. The number of unbranched alkanes of at least 4 members (excludes halogenated alkanes) is 3. The maximum atomic E-state index is 9.50. The molecule has 1 aliphatic rings. The summed E-state index contributed by atoms with van der Waals surface area (Å²) >= 11 is 0. The second-order valence-corrected chi connectivity index (χ2v) is 7.92. The van der Waals surface area contributed by atoms with Crippen LogP contribution in [-0.2, 0) is 13.0 Å². The lowest BCUT2D eigenvalue weighted by Crippen LogP contribution is -2.35. The highest BCUT2D eigenvalue weighted by Gasteiger charge is 2.26. The Morgan fingerprint density at radius 1 is 1.16 bits per heavy atom. The van der Waals surface area contributed by atoms with Crippen molar-refractivity contribution in [2.75, 3.05) is 36.0 Å². The second-order valence-electron chi connectivity index (χ2n) is 7.92. The van der Waals surface area contributed by atoms with E-state index in [-0.39, 0.29) is 0 Å². The Hall–Kier alpha value is -2.88. The van der Waals surface area contributed by atoms with Crippen LogP contribution in [-0.4, -0.2) is 41.2 Å². The molecule has 3 heterocycles. The van der Waals surface area contributed by atoms with Gasteiger partial charge in [-0.1, -0.05) is 33.1 Å². The molecule has 0 atom stereocenters. The summed E-state index contributed by atoms with van der Waals surface area (Å²) < 4.78 is 5.97. The fourth-order valence-electron chi connectivity index (χ4n) is 3.93. The first-order valence-electron chi connectivity index (χ1n) is 11.6. The van der Waals surface area contributed by atoms with Gasteiger partial charge in [-0.15, -0.1) is 0 Å². The molecule has 0 bridgehead atoms. The van der Waals surface area contributed by atoms with Crippen molar-refractivity contribution in [1.82, 2.24) is 15.0 Å². The number of fused-ring (bicyclic) bond motifs is 1. The molecule has 7 heteroatoms. The van der Waals surface area contributed by atoms with Gasteiger partial charge in [-0.05, 0) is 32.3 Å². The third kappa shape index (κ3) is 5.63. The van der Waals surface area contributed by atoms with E-state index in [1.807, 2.05) is 0 Å². The SMILES string of the molecule is CCCCCOc1nc2c(c(N(CC)CCCC)n1)CCN(c1cnccc1C#N)C2. The zero-order valence-corrected chi connectivity index (χ0v) is 19.1. The van der Waals surface area contributed by atoms with Gasteiger partial charge in [0.1, 0.15) is 11.9 Å². The summed E-state index contributed by atoms with van der Waals surface area (Å²) in [5.74, 6) is 1.01. The van der Waals surface area contributed by atoms with Crippen molar-refractivity contribution in [3.05, 3.63) is 35.3 Å². The molecule has 2 aromatic heterocycles. The van der Waals surface area contributed by atoms with Gasteiger partial charge in [0.05, 0.1) is 36.3 Å². The Kier molecular flexibility index (Phi) is 8.45. The standard InChI is InChI=1S/C24H34N6O/c1-4-7-9-15-31-24-27-21-18-30(22-17-26-12-10-19(22)16-25)14-11-20(21)23(28-24)29(6-3)13-8-5-2/h10,12,17H,4-9,11,13-15,18H2,1-3H3. The van der Waals surface area contributed by atoms with Crippen LogP contribution in [0.1, 0.15) is 69.7 Å². The van der Waals surface area contributed by atoms with Gasteiger partial charge in [-0.25, -0.2) is 0 Å². The Balaban J connectivity index is 1.92. The van der Waals surface area contributed by atoms with E-state index in [2.05, 4.69) is 41.6 Å². The first-order chi connectivity index (χ1) is 15.2. The summed E-state index contributed by atoms with van der Waals surface area (Å²) in [5.41, 5.74) is 3.70. The molecular formula is C24H34N6O. The van der Waals surface area contributed by atoms with E-state index in [0.717, 1.165) is 75.4 Å². The second kappa shape index (κ2) is 11.5. The number of aromatic nitrogens is 3. The molecule has 3 rings (SSSR count). The Labute approximate surface area is 186 Å². The van der Waals surface area contributed by atoms with Crippen LogP contribution in [0.25, 0.3) is 0 Å². The van der Waals surface area contributed by atoms with Gasteiger partial charge in [-0.2, -0.15) is 15.2 Å². The number of pyridine rings is 1. The average Bonchev–Trinajstić information content (AvgIpc) is 2.81. The van der Waals surface area contributed by atoms with Crippen LogP contribution in [0, 0.1) is 11.3 Å². The number of hydrogen-bond donors (Lipinski definition) is 0. The van der Waals surface area contributed by atoms with Gasteiger partial charge in [0.25, 0.3) is 0 Å². The minimum absolute atomic E-state index is 0.466. The van der Waals surface area contributed by atoms with E-state index in [1.165, 1.54) is 5.56 Å². The van der Waals surface area contributed by atoms with Gasteiger partial charge >= 0.3 is 6.01 Å². The summed E-state index contributed by atoms with van der Waals surface area (Å²) in [6.07, 6.45) is 9.85. The first kappa shape index (κ1) is 22.8. The predicted octanol–water partition coefficient (Wildman–Crippen LogP) is 4.50. The Morgan fingerprint density at radius 3 is 2.74 bits per heavy atom. The zero-order chi connectivity index (χ0) is 22.1. The fourth-order valence-corrected chi connectivity index (χ4v) is 3.93. The minimum atomic E-state index is 0.466. The van der Waals surface area contributed by atoms with E-state index >= 15 is 0 Å². The lowest BCUT2D eigenvalue weighted by atomic mass is 10.0. The van der Waals surface area contributed by atoms with Crippen LogP contribution in [0.15, 0.2) is 18.5 Å². The van der Waals surface area contributed by atoms with Crippen molar-refractivity contribution in [2.24, 2.45) is 0 Å². The molecule has 0 aromatic carbocycles. The topological polar surface area (TPSA) is 78.2 Å².